The first kappa shape index (κ1) is 23.6. The van der Waals surface area contributed by atoms with Crippen LogP contribution in [0, 0.1) is 11.3 Å². The number of amides is 2. The molecule has 0 aliphatic carbocycles. The van der Waals surface area contributed by atoms with E-state index in [2.05, 4.69) is 24.1 Å². The van der Waals surface area contributed by atoms with E-state index in [1.807, 2.05) is 62.1 Å². The Morgan fingerprint density at radius 3 is 2.06 bits per heavy atom. The summed E-state index contributed by atoms with van der Waals surface area (Å²) in [6, 6.07) is 15.1. The van der Waals surface area contributed by atoms with Crippen LogP contribution in [-0.2, 0) is 4.79 Å². The average Bonchev–Trinajstić information content (AvgIpc) is 2.77. The highest BCUT2D eigenvalue weighted by Gasteiger charge is 2.29. The Hall–Kier alpha value is -3.02. The molecule has 1 aliphatic heterocycles. The summed E-state index contributed by atoms with van der Waals surface area (Å²) >= 11 is 0. The third-order valence-corrected chi connectivity index (χ3v) is 5.40. The van der Waals surface area contributed by atoms with Crippen LogP contribution in [0.2, 0.25) is 0 Å². The molecule has 3 rings (SSSR count). The smallest absolute Gasteiger partial charge is 0.255 e. The predicted octanol–water partition coefficient (Wildman–Crippen LogP) is 4.67. The highest BCUT2D eigenvalue weighted by molar-refractivity contribution is 6.04. The molecule has 1 N–H and O–H groups in total. The molecule has 0 atom stereocenters. The van der Waals surface area contributed by atoms with Crippen molar-refractivity contribution in [2.45, 2.75) is 34.6 Å². The van der Waals surface area contributed by atoms with Crippen LogP contribution < -0.4 is 15.0 Å². The van der Waals surface area contributed by atoms with Gasteiger partial charge in [0.25, 0.3) is 5.91 Å². The number of carbonyl (C=O) groups is 2. The second kappa shape index (κ2) is 10.1. The quantitative estimate of drug-likeness (QED) is 0.714. The van der Waals surface area contributed by atoms with Gasteiger partial charge in [0, 0.05) is 48.5 Å². The molecular weight excluding hydrogens is 402 g/mol. The first-order valence-electron chi connectivity index (χ1n) is 11.3. The number of anilines is 2. The maximum atomic E-state index is 12.6. The minimum absolute atomic E-state index is 0.150. The minimum Gasteiger partial charge on any atom is -0.493 e. The van der Waals surface area contributed by atoms with Crippen LogP contribution in [0.4, 0.5) is 11.4 Å². The lowest BCUT2D eigenvalue weighted by molar-refractivity contribution is -0.139. The van der Waals surface area contributed by atoms with Crippen molar-refractivity contribution < 1.29 is 14.3 Å². The summed E-state index contributed by atoms with van der Waals surface area (Å²) in [5.74, 6) is 1.27. The molecule has 2 aromatic rings. The van der Waals surface area contributed by atoms with Crippen LogP contribution in [0.5, 0.6) is 5.75 Å². The number of piperazine rings is 1. The van der Waals surface area contributed by atoms with Gasteiger partial charge >= 0.3 is 0 Å². The zero-order chi connectivity index (χ0) is 23.3. The van der Waals surface area contributed by atoms with E-state index in [0.717, 1.165) is 43.3 Å². The predicted molar refractivity (Wildman–Crippen MR) is 129 cm³/mol. The number of carbonyl (C=O) groups excluding carboxylic acids is 2. The first-order valence-corrected chi connectivity index (χ1v) is 11.3. The lowest BCUT2D eigenvalue weighted by atomic mass is 9.94. The summed E-state index contributed by atoms with van der Waals surface area (Å²) in [6.07, 6.45) is 0. The molecule has 6 nitrogen and oxygen atoms in total. The summed E-state index contributed by atoms with van der Waals surface area (Å²) in [5.41, 5.74) is 2.09. The van der Waals surface area contributed by atoms with E-state index in [0.29, 0.717) is 18.1 Å². The SMILES string of the molecule is CC(C)COc1ccc(C(=O)Nc2ccc(N3CCN(C(=O)C(C)(C)C)CC3)cc2)cc1. The summed E-state index contributed by atoms with van der Waals surface area (Å²) in [6.45, 7) is 13.8. The van der Waals surface area contributed by atoms with Gasteiger partial charge in [-0.2, -0.15) is 0 Å². The third kappa shape index (κ3) is 6.25. The highest BCUT2D eigenvalue weighted by atomic mass is 16.5. The standard InChI is InChI=1S/C26H35N3O3/c1-19(2)18-32-23-12-6-20(7-13-23)24(30)27-21-8-10-22(11-9-21)28-14-16-29(17-15-28)25(31)26(3,4)5/h6-13,19H,14-18H2,1-5H3,(H,27,30). The number of nitrogens with zero attached hydrogens (tertiary/aromatic N) is 2. The highest BCUT2D eigenvalue weighted by Crippen LogP contribution is 2.23. The van der Waals surface area contributed by atoms with Gasteiger partial charge in [-0.25, -0.2) is 0 Å². The zero-order valence-electron chi connectivity index (χ0n) is 19.9. The molecule has 1 saturated heterocycles. The fraction of sp³-hybridized carbons (Fsp3) is 0.462. The molecule has 172 valence electrons. The van der Waals surface area contributed by atoms with Gasteiger partial charge in [-0.05, 0) is 54.4 Å². The van der Waals surface area contributed by atoms with Crippen molar-refractivity contribution in [1.82, 2.24) is 4.90 Å². The Labute approximate surface area is 191 Å². The maximum Gasteiger partial charge on any atom is 0.255 e. The van der Waals surface area contributed by atoms with Gasteiger partial charge in [-0.3, -0.25) is 9.59 Å². The van der Waals surface area contributed by atoms with E-state index in [1.165, 1.54) is 0 Å². The summed E-state index contributed by atoms with van der Waals surface area (Å²) in [5, 5.41) is 2.95. The monoisotopic (exact) mass is 437 g/mol. The normalized spacial score (nSPS) is 14.4. The van der Waals surface area contributed by atoms with E-state index in [4.69, 9.17) is 4.74 Å². The Bertz CT molecular complexity index is 907. The lowest BCUT2D eigenvalue weighted by Gasteiger charge is -2.38. The van der Waals surface area contributed by atoms with Crippen molar-refractivity contribution >= 4 is 23.2 Å². The van der Waals surface area contributed by atoms with E-state index >= 15 is 0 Å². The number of ether oxygens (including phenoxy) is 1. The second-order valence-electron chi connectivity index (χ2n) is 9.76. The van der Waals surface area contributed by atoms with Crippen LogP contribution >= 0.6 is 0 Å². The summed E-state index contributed by atoms with van der Waals surface area (Å²) < 4.78 is 5.67. The Balaban J connectivity index is 1.53. The molecule has 6 heteroatoms. The fourth-order valence-electron chi connectivity index (χ4n) is 3.57. The van der Waals surface area contributed by atoms with Crippen molar-refractivity contribution in [2.75, 3.05) is 43.0 Å². The molecule has 0 radical (unpaired) electrons. The van der Waals surface area contributed by atoms with Crippen molar-refractivity contribution in [3.63, 3.8) is 0 Å². The van der Waals surface area contributed by atoms with Gasteiger partial charge in [0.05, 0.1) is 6.61 Å². The molecule has 0 saturated carbocycles. The second-order valence-corrected chi connectivity index (χ2v) is 9.76. The topological polar surface area (TPSA) is 61.9 Å². The zero-order valence-corrected chi connectivity index (χ0v) is 19.9. The minimum atomic E-state index is -0.344. The molecule has 1 fully saturated rings. The number of rotatable bonds is 6. The van der Waals surface area contributed by atoms with Gasteiger partial charge in [0.1, 0.15) is 5.75 Å². The van der Waals surface area contributed by atoms with Crippen molar-refractivity contribution in [3.8, 4) is 5.75 Å². The van der Waals surface area contributed by atoms with Crippen LogP contribution in [0.1, 0.15) is 45.0 Å². The van der Waals surface area contributed by atoms with Gasteiger partial charge in [0.2, 0.25) is 5.91 Å². The molecule has 1 aliphatic rings. The molecule has 32 heavy (non-hydrogen) atoms. The molecule has 0 unspecified atom stereocenters. The number of nitrogens with one attached hydrogen (secondary N) is 1. The third-order valence-electron chi connectivity index (χ3n) is 5.40. The molecule has 1 heterocycles. The molecule has 2 amide bonds. The summed E-state index contributed by atoms with van der Waals surface area (Å²) in [4.78, 5) is 29.2. The maximum absolute atomic E-state index is 12.6. The number of hydrogen-bond acceptors (Lipinski definition) is 4. The Morgan fingerprint density at radius 1 is 0.938 bits per heavy atom. The van der Waals surface area contributed by atoms with Crippen LogP contribution in [-0.4, -0.2) is 49.5 Å². The largest absolute Gasteiger partial charge is 0.493 e. The van der Waals surface area contributed by atoms with Gasteiger partial charge in [-0.1, -0.05) is 34.6 Å². The van der Waals surface area contributed by atoms with Gasteiger partial charge in [0.15, 0.2) is 0 Å². The molecule has 2 aromatic carbocycles. The number of hydrogen-bond donors (Lipinski definition) is 1. The van der Waals surface area contributed by atoms with Crippen molar-refractivity contribution in [3.05, 3.63) is 54.1 Å². The molecule has 0 bridgehead atoms. The molecule has 0 aromatic heterocycles. The lowest BCUT2D eigenvalue weighted by Crippen LogP contribution is -2.51. The molecular formula is C26H35N3O3. The average molecular weight is 438 g/mol. The van der Waals surface area contributed by atoms with Crippen LogP contribution in [0.25, 0.3) is 0 Å². The van der Waals surface area contributed by atoms with Gasteiger partial charge in [-0.15, -0.1) is 0 Å². The van der Waals surface area contributed by atoms with Crippen LogP contribution in [0.3, 0.4) is 0 Å². The Morgan fingerprint density at radius 2 is 1.53 bits per heavy atom. The van der Waals surface area contributed by atoms with Crippen molar-refractivity contribution in [1.29, 1.82) is 0 Å². The molecule has 0 spiro atoms. The van der Waals surface area contributed by atoms with Gasteiger partial charge < -0.3 is 19.9 Å². The van der Waals surface area contributed by atoms with Crippen LogP contribution in [0.15, 0.2) is 48.5 Å². The van der Waals surface area contributed by atoms with E-state index in [1.54, 1.807) is 12.1 Å². The van der Waals surface area contributed by atoms with E-state index in [9.17, 15) is 9.59 Å². The Kier molecular flexibility index (Phi) is 7.44. The summed E-state index contributed by atoms with van der Waals surface area (Å²) in [7, 11) is 0. The fourth-order valence-corrected chi connectivity index (χ4v) is 3.57. The first-order chi connectivity index (χ1) is 15.1. The van der Waals surface area contributed by atoms with E-state index < -0.39 is 0 Å². The van der Waals surface area contributed by atoms with E-state index in [-0.39, 0.29) is 17.2 Å². The number of benzene rings is 2. The van der Waals surface area contributed by atoms with Crippen molar-refractivity contribution in [2.24, 2.45) is 11.3 Å².